The molecule has 3 aromatic carbocycles. The van der Waals surface area contributed by atoms with Crippen molar-refractivity contribution in [2.75, 3.05) is 0 Å². The molecule has 1 unspecified atom stereocenters. The number of hydrogen-bond donors (Lipinski definition) is 1. The van der Waals surface area contributed by atoms with E-state index in [1.54, 1.807) is 29.2 Å². The zero-order valence-corrected chi connectivity index (χ0v) is 22.2. The van der Waals surface area contributed by atoms with E-state index in [0.29, 0.717) is 27.1 Å². The number of rotatable bonds is 9. The van der Waals surface area contributed by atoms with E-state index in [1.807, 2.05) is 48.5 Å². The predicted molar refractivity (Wildman–Crippen MR) is 147 cm³/mol. The van der Waals surface area contributed by atoms with Crippen LogP contribution in [0.5, 0.6) is 0 Å². The average Bonchev–Trinajstić information content (AvgIpc) is 3.37. The fourth-order valence-electron chi connectivity index (χ4n) is 4.71. The Morgan fingerprint density at radius 3 is 2.17 bits per heavy atom. The maximum Gasteiger partial charge on any atom is 0.243 e. The van der Waals surface area contributed by atoms with Crippen LogP contribution >= 0.6 is 34.8 Å². The van der Waals surface area contributed by atoms with Gasteiger partial charge >= 0.3 is 0 Å². The largest absolute Gasteiger partial charge is 0.352 e. The maximum absolute atomic E-state index is 13.9. The average molecular weight is 544 g/mol. The van der Waals surface area contributed by atoms with Crippen molar-refractivity contribution < 1.29 is 9.59 Å². The number of carbonyl (C=O) groups excluding carboxylic acids is 2. The molecule has 0 aliphatic heterocycles. The monoisotopic (exact) mass is 542 g/mol. The number of benzene rings is 3. The molecule has 4 nitrogen and oxygen atoms in total. The molecule has 1 N–H and O–H groups in total. The van der Waals surface area contributed by atoms with Crippen LogP contribution in [-0.2, 0) is 29.0 Å². The number of nitrogens with one attached hydrogen (secondary N) is 1. The zero-order chi connectivity index (χ0) is 25.5. The van der Waals surface area contributed by atoms with Crippen LogP contribution in [0.15, 0.2) is 72.8 Å². The van der Waals surface area contributed by atoms with Crippen LogP contribution in [0.4, 0.5) is 0 Å². The summed E-state index contributed by atoms with van der Waals surface area (Å²) in [5.41, 5.74) is 2.37. The van der Waals surface area contributed by atoms with Crippen molar-refractivity contribution in [2.24, 2.45) is 0 Å². The van der Waals surface area contributed by atoms with E-state index in [4.69, 9.17) is 34.8 Å². The third-order valence-corrected chi connectivity index (χ3v) is 7.55. The summed E-state index contributed by atoms with van der Waals surface area (Å²) in [6.45, 7) is 0.233. The Morgan fingerprint density at radius 2 is 1.50 bits per heavy atom. The Morgan fingerprint density at radius 1 is 0.861 bits per heavy atom. The first kappa shape index (κ1) is 26.5. The molecule has 36 heavy (non-hydrogen) atoms. The summed E-state index contributed by atoms with van der Waals surface area (Å²) in [5, 5.41) is 4.63. The summed E-state index contributed by atoms with van der Waals surface area (Å²) in [5.74, 6) is -0.376. The lowest BCUT2D eigenvalue weighted by Gasteiger charge is -2.32. The Labute approximate surface area is 227 Å². The highest BCUT2D eigenvalue weighted by atomic mass is 35.5. The third-order valence-electron chi connectivity index (χ3n) is 6.60. The molecule has 4 rings (SSSR count). The molecule has 1 fully saturated rings. The van der Waals surface area contributed by atoms with Gasteiger partial charge in [-0.15, -0.1) is 0 Å². The lowest BCUT2D eigenvalue weighted by Crippen LogP contribution is -2.52. The van der Waals surface area contributed by atoms with Crippen LogP contribution in [0, 0.1) is 0 Å². The Bertz CT molecular complexity index is 1180. The van der Waals surface area contributed by atoms with E-state index in [0.717, 1.165) is 36.8 Å². The van der Waals surface area contributed by atoms with Gasteiger partial charge in [0.15, 0.2) is 0 Å². The number of hydrogen-bond acceptors (Lipinski definition) is 2. The first-order valence-electron chi connectivity index (χ1n) is 12.2. The van der Waals surface area contributed by atoms with Crippen molar-refractivity contribution in [2.45, 2.75) is 57.2 Å². The Balaban J connectivity index is 1.69. The molecule has 1 atom stereocenters. The normalized spacial score (nSPS) is 14.4. The van der Waals surface area contributed by atoms with Gasteiger partial charge in [0, 0.05) is 34.1 Å². The van der Waals surface area contributed by atoms with E-state index in [9.17, 15) is 9.59 Å². The lowest BCUT2D eigenvalue weighted by molar-refractivity contribution is -0.141. The molecule has 0 heterocycles. The number of halogens is 3. The van der Waals surface area contributed by atoms with Gasteiger partial charge in [-0.2, -0.15) is 0 Å². The van der Waals surface area contributed by atoms with Gasteiger partial charge in [-0.05, 0) is 53.8 Å². The number of nitrogens with zero attached hydrogens (tertiary/aromatic N) is 1. The van der Waals surface area contributed by atoms with Gasteiger partial charge in [0.2, 0.25) is 11.8 Å². The summed E-state index contributed by atoms with van der Waals surface area (Å²) in [4.78, 5) is 29.2. The van der Waals surface area contributed by atoms with Crippen LogP contribution in [0.3, 0.4) is 0 Å². The molecule has 2 amide bonds. The van der Waals surface area contributed by atoms with Gasteiger partial charge in [0.05, 0.1) is 6.42 Å². The van der Waals surface area contributed by atoms with E-state index in [2.05, 4.69) is 5.32 Å². The quantitative estimate of drug-likeness (QED) is 0.319. The van der Waals surface area contributed by atoms with Gasteiger partial charge < -0.3 is 10.2 Å². The lowest BCUT2D eigenvalue weighted by atomic mass is 10.0. The summed E-state index contributed by atoms with van der Waals surface area (Å²) in [7, 11) is 0. The molecule has 0 bridgehead atoms. The Hall–Kier alpha value is -2.53. The van der Waals surface area contributed by atoms with Crippen LogP contribution < -0.4 is 5.32 Å². The van der Waals surface area contributed by atoms with Gasteiger partial charge in [0.25, 0.3) is 0 Å². The van der Waals surface area contributed by atoms with E-state index in [-0.39, 0.29) is 30.8 Å². The molecule has 0 saturated heterocycles. The highest BCUT2D eigenvalue weighted by Gasteiger charge is 2.32. The molecular formula is C29H29Cl3N2O2. The summed E-state index contributed by atoms with van der Waals surface area (Å²) in [6.07, 6.45) is 4.50. The standard InChI is InChI=1S/C29H29Cl3N2O2/c30-22-11-6-10-21(16-22)19-34(28(35)18-24-25(31)14-7-15-26(24)32)27(17-20-8-2-1-3-9-20)29(36)33-23-12-4-5-13-23/h1-3,6-11,14-16,23,27H,4-5,12-13,17-19H2,(H,33,36). The molecule has 0 radical (unpaired) electrons. The molecule has 1 aliphatic rings. The highest BCUT2D eigenvalue weighted by Crippen LogP contribution is 2.27. The highest BCUT2D eigenvalue weighted by molar-refractivity contribution is 6.36. The van der Waals surface area contributed by atoms with Crippen LogP contribution in [0.2, 0.25) is 15.1 Å². The van der Waals surface area contributed by atoms with Crippen molar-refractivity contribution in [3.63, 3.8) is 0 Å². The molecule has 1 aliphatic carbocycles. The van der Waals surface area contributed by atoms with Crippen molar-refractivity contribution >= 4 is 46.6 Å². The second-order valence-corrected chi connectivity index (χ2v) is 10.5. The first-order chi connectivity index (χ1) is 17.4. The zero-order valence-electron chi connectivity index (χ0n) is 19.9. The van der Waals surface area contributed by atoms with Crippen LogP contribution in [0.1, 0.15) is 42.4 Å². The second-order valence-electron chi connectivity index (χ2n) is 9.22. The number of carbonyl (C=O) groups is 2. The third kappa shape index (κ3) is 7.03. The SMILES string of the molecule is O=C(NC1CCCC1)C(Cc1ccccc1)N(Cc1cccc(Cl)c1)C(=O)Cc1c(Cl)cccc1Cl. The van der Waals surface area contributed by atoms with Crippen LogP contribution in [-0.4, -0.2) is 28.8 Å². The van der Waals surface area contributed by atoms with Crippen molar-refractivity contribution in [1.29, 1.82) is 0 Å². The van der Waals surface area contributed by atoms with Crippen molar-refractivity contribution in [1.82, 2.24) is 10.2 Å². The Kier molecular flexibility index (Phi) is 9.30. The van der Waals surface area contributed by atoms with Gasteiger partial charge in [-0.1, -0.05) is 96.2 Å². The van der Waals surface area contributed by atoms with Gasteiger partial charge in [-0.25, -0.2) is 0 Å². The minimum atomic E-state index is -0.708. The molecule has 7 heteroatoms. The summed E-state index contributed by atoms with van der Waals surface area (Å²) in [6, 6.07) is 21.7. The first-order valence-corrected chi connectivity index (χ1v) is 13.3. The van der Waals surface area contributed by atoms with Gasteiger partial charge in [-0.3, -0.25) is 9.59 Å². The maximum atomic E-state index is 13.9. The predicted octanol–water partition coefficient (Wildman–Crippen LogP) is 6.89. The van der Waals surface area contributed by atoms with Crippen LogP contribution in [0.25, 0.3) is 0 Å². The molecular weight excluding hydrogens is 515 g/mol. The molecule has 188 valence electrons. The van der Waals surface area contributed by atoms with Crippen molar-refractivity contribution in [3.05, 3.63) is 105 Å². The molecule has 0 spiro atoms. The minimum absolute atomic E-state index is 0.0128. The molecule has 3 aromatic rings. The van der Waals surface area contributed by atoms with E-state index in [1.165, 1.54) is 0 Å². The second kappa shape index (κ2) is 12.6. The summed E-state index contributed by atoms with van der Waals surface area (Å²) >= 11 is 19.0. The minimum Gasteiger partial charge on any atom is -0.352 e. The number of amides is 2. The van der Waals surface area contributed by atoms with Gasteiger partial charge in [0.1, 0.15) is 6.04 Å². The molecule has 0 aromatic heterocycles. The van der Waals surface area contributed by atoms with Crippen molar-refractivity contribution in [3.8, 4) is 0 Å². The topological polar surface area (TPSA) is 49.4 Å². The molecule has 1 saturated carbocycles. The van der Waals surface area contributed by atoms with E-state index >= 15 is 0 Å². The smallest absolute Gasteiger partial charge is 0.243 e. The summed E-state index contributed by atoms with van der Waals surface area (Å²) < 4.78 is 0. The fraction of sp³-hybridized carbons (Fsp3) is 0.310. The van der Waals surface area contributed by atoms with E-state index < -0.39 is 6.04 Å². The fourth-order valence-corrected chi connectivity index (χ4v) is 5.45.